The van der Waals surface area contributed by atoms with Crippen LogP contribution in [0.25, 0.3) is 0 Å². The van der Waals surface area contributed by atoms with Gasteiger partial charge in [0.2, 0.25) is 10.0 Å². The van der Waals surface area contributed by atoms with Crippen molar-refractivity contribution < 1.29 is 17.9 Å². The summed E-state index contributed by atoms with van der Waals surface area (Å²) in [6.45, 7) is 3.98. The fraction of sp³-hybridized carbons (Fsp3) is 0.571. The lowest BCUT2D eigenvalue weighted by Crippen LogP contribution is -2.34. The van der Waals surface area contributed by atoms with Crippen LogP contribution in [0.2, 0.25) is 0 Å². The lowest BCUT2D eigenvalue weighted by Gasteiger charge is -2.23. The summed E-state index contributed by atoms with van der Waals surface area (Å²) in [6.07, 6.45) is 1.56. The van der Waals surface area contributed by atoms with Crippen LogP contribution in [0, 0.1) is 12.7 Å². The van der Waals surface area contributed by atoms with Crippen molar-refractivity contribution in [2.24, 2.45) is 0 Å². The monoisotopic (exact) mass is 301 g/mol. The summed E-state index contributed by atoms with van der Waals surface area (Å²) in [4.78, 5) is 0.0130. The minimum absolute atomic E-state index is 0.0130. The van der Waals surface area contributed by atoms with Gasteiger partial charge in [-0.2, -0.15) is 4.31 Å². The third kappa shape index (κ3) is 3.19. The predicted molar refractivity (Wildman–Crippen MR) is 74.4 cm³/mol. The van der Waals surface area contributed by atoms with Crippen LogP contribution in [0.5, 0.6) is 0 Å². The third-order valence-electron chi connectivity index (χ3n) is 3.79. The molecule has 1 aromatic rings. The average Bonchev–Trinajstić information content (AvgIpc) is 2.53. The van der Waals surface area contributed by atoms with E-state index in [2.05, 4.69) is 0 Å². The van der Waals surface area contributed by atoms with Crippen molar-refractivity contribution in [2.75, 3.05) is 13.1 Å². The zero-order chi connectivity index (χ0) is 15.0. The number of sulfonamides is 1. The molecule has 1 N–H and O–H groups in total. The van der Waals surface area contributed by atoms with Gasteiger partial charge < -0.3 is 5.11 Å². The van der Waals surface area contributed by atoms with Gasteiger partial charge in [-0.1, -0.05) is 6.07 Å². The molecule has 20 heavy (non-hydrogen) atoms. The SMILES string of the molecule is Cc1ccc(F)cc1S(=O)(=O)N1CCCC(C)(O)CC1. The van der Waals surface area contributed by atoms with Gasteiger partial charge in [-0.15, -0.1) is 0 Å². The van der Waals surface area contributed by atoms with Gasteiger partial charge in [-0.05, 0) is 50.8 Å². The largest absolute Gasteiger partial charge is 0.390 e. The summed E-state index contributed by atoms with van der Waals surface area (Å²) in [5.41, 5.74) is -0.302. The summed E-state index contributed by atoms with van der Waals surface area (Å²) >= 11 is 0. The lowest BCUT2D eigenvalue weighted by atomic mass is 9.98. The van der Waals surface area contributed by atoms with Crippen molar-refractivity contribution in [1.29, 1.82) is 0 Å². The second kappa shape index (κ2) is 5.42. The van der Waals surface area contributed by atoms with Gasteiger partial charge >= 0.3 is 0 Å². The van der Waals surface area contributed by atoms with Crippen LogP contribution in [0.15, 0.2) is 23.1 Å². The molecule has 0 aromatic heterocycles. The Labute approximate surface area is 119 Å². The maximum Gasteiger partial charge on any atom is 0.243 e. The lowest BCUT2D eigenvalue weighted by molar-refractivity contribution is 0.0465. The first-order valence-corrected chi connectivity index (χ1v) is 8.15. The van der Waals surface area contributed by atoms with E-state index in [1.807, 2.05) is 0 Å². The number of hydrogen-bond donors (Lipinski definition) is 1. The summed E-state index contributed by atoms with van der Waals surface area (Å²) in [6, 6.07) is 3.78. The van der Waals surface area contributed by atoms with E-state index in [1.165, 1.54) is 16.4 Å². The van der Waals surface area contributed by atoms with E-state index in [1.54, 1.807) is 13.8 Å². The summed E-state index contributed by atoms with van der Waals surface area (Å²) in [5.74, 6) is -0.559. The van der Waals surface area contributed by atoms with Crippen molar-refractivity contribution in [3.05, 3.63) is 29.6 Å². The molecule has 112 valence electrons. The molecule has 2 rings (SSSR count). The van der Waals surface area contributed by atoms with E-state index in [0.29, 0.717) is 31.4 Å². The van der Waals surface area contributed by atoms with Crippen LogP contribution in [0.3, 0.4) is 0 Å². The van der Waals surface area contributed by atoms with Crippen LogP contribution in [-0.2, 0) is 10.0 Å². The minimum atomic E-state index is -3.71. The Morgan fingerprint density at radius 3 is 2.70 bits per heavy atom. The molecule has 0 amide bonds. The molecule has 0 bridgehead atoms. The van der Waals surface area contributed by atoms with Gasteiger partial charge in [0.1, 0.15) is 5.82 Å². The first-order valence-electron chi connectivity index (χ1n) is 6.71. The minimum Gasteiger partial charge on any atom is -0.390 e. The first-order chi connectivity index (χ1) is 9.22. The number of halogens is 1. The normalized spacial score (nSPS) is 25.4. The topological polar surface area (TPSA) is 57.6 Å². The molecule has 1 saturated heterocycles. The molecule has 0 spiro atoms. The van der Waals surface area contributed by atoms with Crippen molar-refractivity contribution in [2.45, 2.75) is 43.6 Å². The van der Waals surface area contributed by atoms with E-state index in [4.69, 9.17) is 0 Å². The van der Waals surface area contributed by atoms with Crippen molar-refractivity contribution >= 4 is 10.0 Å². The van der Waals surface area contributed by atoms with Crippen LogP contribution in [-0.4, -0.2) is 36.5 Å². The Bertz CT molecular complexity index is 598. The molecule has 1 aromatic carbocycles. The smallest absolute Gasteiger partial charge is 0.243 e. The van der Waals surface area contributed by atoms with Crippen molar-refractivity contribution in [3.8, 4) is 0 Å². The van der Waals surface area contributed by atoms with Gasteiger partial charge in [0.05, 0.1) is 10.5 Å². The fourth-order valence-electron chi connectivity index (χ4n) is 2.47. The average molecular weight is 301 g/mol. The van der Waals surface area contributed by atoms with E-state index in [9.17, 15) is 17.9 Å². The predicted octanol–water partition coefficient (Wildman–Crippen LogP) is 2.06. The molecular formula is C14H20FNO3S. The molecule has 1 fully saturated rings. The molecule has 0 saturated carbocycles. The summed E-state index contributed by atoms with van der Waals surface area (Å²) in [7, 11) is -3.71. The Hall–Kier alpha value is -0.980. The van der Waals surface area contributed by atoms with Gasteiger partial charge in [0, 0.05) is 13.1 Å². The van der Waals surface area contributed by atoms with Crippen molar-refractivity contribution in [1.82, 2.24) is 4.31 Å². The third-order valence-corrected chi connectivity index (χ3v) is 5.83. The molecule has 1 aliphatic heterocycles. The molecule has 1 atom stereocenters. The van der Waals surface area contributed by atoms with Crippen molar-refractivity contribution in [3.63, 3.8) is 0 Å². The standard InChI is InChI=1S/C14H20FNO3S/c1-11-4-5-12(15)10-13(11)20(18,19)16-8-3-6-14(2,17)7-9-16/h4-5,10,17H,3,6-9H2,1-2H3. The quantitative estimate of drug-likeness (QED) is 0.909. The van der Waals surface area contributed by atoms with E-state index in [-0.39, 0.29) is 11.4 Å². The van der Waals surface area contributed by atoms with Crippen LogP contribution >= 0.6 is 0 Å². The zero-order valence-electron chi connectivity index (χ0n) is 11.8. The second-order valence-electron chi connectivity index (χ2n) is 5.66. The second-order valence-corrected chi connectivity index (χ2v) is 7.57. The maximum absolute atomic E-state index is 13.3. The number of aliphatic hydroxyl groups is 1. The molecule has 0 aliphatic carbocycles. The molecular weight excluding hydrogens is 281 g/mol. The van der Waals surface area contributed by atoms with Gasteiger partial charge in [0.25, 0.3) is 0 Å². The molecule has 1 unspecified atom stereocenters. The van der Waals surface area contributed by atoms with E-state index < -0.39 is 21.4 Å². The number of hydrogen-bond acceptors (Lipinski definition) is 3. The summed E-state index contributed by atoms with van der Waals surface area (Å²) in [5, 5.41) is 10.0. The Morgan fingerprint density at radius 2 is 2.00 bits per heavy atom. The number of nitrogens with zero attached hydrogens (tertiary/aromatic N) is 1. The zero-order valence-corrected chi connectivity index (χ0v) is 12.6. The molecule has 4 nitrogen and oxygen atoms in total. The molecule has 0 radical (unpaired) electrons. The number of rotatable bonds is 2. The van der Waals surface area contributed by atoms with Gasteiger partial charge in [0.15, 0.2) is 0 Å². The summed E-state index contributed by atoms with van der Waals surface area (Å²) < 4.78 is 39.9. The molecule has 6 heteroatoms. The number of benzene rings is 1. The molecule has 1 heterocycles. The molecule has 1 aliphatic rings. The van der Waals surface area contributed by atoms with Crippen LogP contribution in [0.1, 0.15) is 31.7 Å². The van der Waals surface area contributed by atoms with Crippen LogP contribution in [0.4, 0.5) is 4.39 Å². The van der Waals surface area contributed by atoms with E-state index >= 15 is 0 Å². The first kappa shape index (κ1) is 15.4. The Balaban J connectivity index is 2.33. The van der Waals surface area contributed by atoms with E-state index in [0.717, 1.165) is 6.07 Å². The van der Waals surface area contributed by atoms with Gasteiger partial charge in [-0.25, -0.2) is 12.8 Å². The maximum atomic E-state index is 13.3. The number of aryl methyl sites for hydroxylation is 1. The van der Waals surface area contributed by atoms with Gasteiger partial charge in [-0.3, -0.25) is 0 Å². The highest BCUT2D eigenvalue weighted by Crippen LogP contribution is 2.27. The highest BCUT2D eigenvalue weighted by Gasteiger charge is 2.32. The highest BCUT2D eigenvalue weighted by atomic mass is 32.2. The Morgan fingerprint density at radius 1 is 1.30 bits per heavy atom. The Kier molecular flexibility index (Phi) is 4.18. The highest BCUT2D eigenvalue weighted by molar-refractivity contribution is 7.89. The van der Waals surface area contributed by atoms with Crippen LogP contribution < -0.4 is 0 Å². The fourth-order valence-corrected chi connectivity index (χ4v) is 4.19.